The van der Waals surface area contributed by atoms with Crippen LogP contribution in [0.3, 0.4) is 0 Å². The molecule has 0 aliphatic carbocycles. The second-order valence-corrected chi connectivity index (χ2v) is 2.59. The highest BCUT2D eigenvalue weighted by Crippen LogP contribution is 2.20. The van der Waals surface area contributed by atoms with Gasteiger partial charge in [-0.25, -0.2) is 4.79 Å². The highest BCUT2D eigenvalue weighted by molar-refractivity contribution is 5.92. The molecule has 3 nitrogen and oxygen atoms in total. The Kier molecular flexibility index (Phi) is 1.24. The second kappa shape index (κ2) is 2.09. The van der Waals surface area contributed by atoms with E-state index in [0.717, 1.165) is 30.7 Å². The molecule has 10 heavy (non-hydrogen) atoms. The Hall–Kier alpha value is -0.830. The molecule has 0 bridgehead atoms. The third-order valence-corrected chi connectivity index (χ3v) is 1.94. The van der Waals surface area contributed by atoms with Crippen LogP contribution in [0.1, 0.15) is 6.42 Å². The van der Waals surface area contributed by atoms with Crippen LogP contribution in [0.15, 0.2) is 11.1 Å². The maximum atomic E-state index is 10.9. The molecule has 0 amide bonds. The first-order chi connectivity index (χ1) is 4.88. The molecule has 2 heterocycles. The summed E-state index contributed by atoms with van der Waals surface area (Å²) < 4.78 is 4.85. The van der Waals surface area contributed by atoms with Gasteiger partial charge in [0.15, 0.2) is 0 Å². The molecule has 2 aliphatic rings. The van der Waals surface area contributed by atoms with Gasteiger partial charge < -0.3 is 10.1 Å². The van der Waals surface area contributed by atoms with Crippen molar-refractivity contribution in [2.45, 2.75) is 6.42 Å². The Balaban J connectivity index is 2.29. The summed E-state index contributed by atoms with van der Waals surface area (Å²) in [7, 11) is 0. The van der Waals surface area contributed by atoms with Gasteiger partial charge in [0.05, 0.1) is 0 Å². The minimum atomic E-state index is -0.100. The minimum absolute atomic E-state index is 0.100. The first-order valence-electron chi connectivity index (χ1n) is 3.46. The van der Waals surface area contributed by atoms with Crippen molar-refractivity contribution < 1.29 is 9.53 Å². The SMILES string of the molecule is O=C1OCC2=C1CCNC2. The average Bonchev–Trinajstić information content (AvgIpc) is 2.34. The van der Waals surface area contributed by atoms with Gasteiger partial charge in [-0.2, -0.15) is 0 Å². The highest BCUT2D eigenvalue weighted by Gasteiger charge is 2.25. The molecule has 54 valence electrons. The van der Waals surface area contributed by atoms with E-state index < -0.39 is 0 Å². The van der Waals surface area contributed by atoms with E-state index in [1.54, 1.807) is 0 Å². The molecular formula is C7H9NO2. The number of carbonyl (C=O) groups is 1. The number of ether oxygens (including phenoxy) is 1. The Bertz CT molecular complexity index is 208. The molecular weight excluding hydrogens is 130 g/mol. The smallest absolute Gasteiger partial charge is 0.334 e. The summed E-state index contributed by atoms with van der Waals surface area (Å²) >= 11 is 0. The maximum Gasteiger partial charge on any atom is 0.334 e. The Morgan fingerprint density at radius 1 is 1.50 bits per heavy atom. The van der Waals surface area contributed by atoms with Gasteiger partial charge in [-0.1, -0.05) is 0 Å². The van der Waals surface area contributed by atoms with Crippen LogP contribution >= 0.6 is 0 Å². The van der Waals surface area contributed by atoms with E-state index in [0.29, 0.717) is 6.61 Å². The molecule has 3 heteroatoms. The lowest BCUT2D eigenvalue weighted by Crippen LogP contribution is -2.25. The molecule has 0 aromatic rings. The number of rotatable bonds is 0. The monoisotopic (exact) mass is 139 g/mol. The molecule has 0 spiro atoms. The zero-order valence-electron chi connectivity index (χ0n) is 5.64. The molecule has 0 saturated heterocycles. The van der Waals surface area contributed by atoms with Crippen LogP contribution in [0.5, 0.6) is 0 Å². The molecule has 0 unspecified atom stereocenters. The Morgan fingerprint density at radius 3 is 3.20 bits per heavy atom. The molecule has 0 saturated carbocycles. The number of cyclic esters (lactones) is 1. The van der Waals surface area contributed by atoms with E-state index in [1.807, 2.05) is 0 Å². The summed E-state index contributed by atoms with van der Waals surface area (Å²) in [5.41, 5.74) is 2.06. The summed E-state index contributed by atoms with van der Waals surface area (Å²) in [6.45, 7) is 2.26. The van der Waals surface area contributed by atoms with E-state index in [1.165, 1.54) is 0 Å². The molecule has 0 aromatic heterocycles. The van der Waals surface area contributed by atoms with Gasteiger partial charge in [0.1, 0.15) is 6.61 Å². The lowest BCUT2D eigenvalue weighted by molar-refractivity contribution is -0.136. The summed E-state index contributed by atoms with van der Waals surface area (Å²) in [6.07, 6.45) is 0.841. The maximum absolute atomic E-state index is 10.9. The van der Waals surface area contributed by atoms with Crippen LogP contribution in [0.2, 0.25) is 0 Å². The zero-order valence-corrected chi connectivity index (χ0v) is 5.64. The van der Waals surface area contributed by atoms with Crippen molar-refractivity contribution in [3.05, 3.63) is 11.1 Å². The van der Waals surface area contributed by atoms with Gasteiger partial charge in [-0.3, -0.25) is 0 Å². The van der Waals surface area contributed by atoms with Crippen LogP contribution in [0, 0.1) is 0 Å². The lowest BCUT2D eigenvalue weighted by atomic mass is 10.0. The molecule has 1 N–H and O–H groups in total. The summed E-state index contributed by atoms with van der Waals surface area (Å²) in [5, 5.41) is 3.19. The molecule has 2 aliphatic heterocycles. The normalized spacial score (nSPS) is 24.6. The third kappa shape index (κ3) is 0.743. The summed E-state index contributed by atoms with van der Waals surface area (Å²) in [4.78, 5) is 10.9. The summed E-state index contributed by atoms with van der Waals surface area (Å²) in [5.74, 6) is -0.100. The number of nitrogens with one attached hydrogen (secondary N) is 1. The third-order valence-electron chi connectivity index (χ3n) is 1.94. The Labute approximate surface area is 59.1 Å². The predicted molar refractivity (Wildman–Crippen MR) is 35.5 cm³/mol. The topological polar surface area (TPSA) is 38.3 Å². The lowest BCUT2D eigenvalue weighted by Gasteiger charge is -2.10. The van der Waals surface area contributed by atoms with Crippen molar-refractivity contribution in [2.24, 2.45) is 0 Å². The van der Waals surface area contributed by atoms with Gasteiger partial charge in [-0.15, -0.1) is 0 Å². The molecule has 2 rings (SSSR count). The van der Waals surface area contributed by atoms with Gasteiger partial charge in [0.2, 0.25) is 0 Å². The summed E-state index contributed by atoms with van der Waals surface area (Å²) in [6, 6.07) is 0. The van der Waals surface area contributed by atoms with Crippen molar-refractivity contribution in [1.82, 2.24) is 5.32 Å². The van der Waals surface area contributed by atoms with E-state index in [4.69, 9.17) is 4.74 Å². The number of carbonyl (C=O) groups excluding carboxylic acids is 1. The first-order valence-corrected chi connectivity index (χ1v) is 3.46. The largest absolute Gasteiger partial charge is 0.458 e. The highest BCUT2D eigenvalue weighted by atomic mass is 16.5. The fourth-order valence-electron chi connectivity index (χ4n) is 1.36. The minimum Gasteiger partial charge on any atom is -0.458 e. The molecule has 0 atom stereocenters. The van der Waals surface area contributed by atoms with Gasteiger partial charge in [0, 0.05) is 12.1 Å². The number of hydrogen-bond acceptors (Lipinski definition) is 3. The van der Waals surface area contributed by atoms with Gasteiger partial charge in [0.25, 0.3) is 0 Å². The van der Waals surface area contributed by atoms with Gasteiger partial charge in [-0.05, 0) is 18.5 Å². The van der Waals surface area contributed by atoms with Crippen molar-refractivity contribution in [2.75, 3.05) is 19.7 Å². The van der Waals surface area contributed by atoms with Crippen LogP contribution < -0.4 is 5.32 Å². The van der Waals surface area contributed by atoms with Gasteiger partial charge >= 0.3 is 5.97 Å². The predicted octanol–water partition coefficient (Wildman–Crippen LogP) is -0.167. The second-order valence-electron chi connectivity index (χ2n) is 2.59. The molecule has 0 fully saturated rings. The van der Waals surface area contributed by atoms with Crippen LogP contribution in [0.25, 0.3) is 0 Å². The standard InChI is InChI=1S/C7H9NO2/c9-7-6-1-2-8-3-5(6)4-10-7/h8H,1-4H2. The van der Waals surface area contributed by atoms with Crippen LogP contribution in [-0.4, -0.2) is 25.7 Å². The average molecular weight is 139 g/mol. The van der Waals surface area contributed by atoms with E-state index in [2.05, 4.69) is 5.32 Å². The van der Waals surface area contributed by atoms with Crippen LogP contribution in [0.4, 0.5) is 0 Å². The zero-order chi connectivity index (χ0) is 6.97. The van der Waals surface area contributed by atoms with Crippen molar-refractivity contribution in [3.8, 4) is 0 Å². The number of esters is 1. The van der Waals surface area contributed by atoms with E-state index in [9.17, 15) is 4.79 Å². The fourth-order valence-corrected chi connectivity index (χ4v) is 1.36. The quantitative estimate of drug-likeness (QED) is 0.474. The fraction of sp³-hybridized carbons (Fsp3) is 0.571. The van der Waals surface area contributed by atoms with Crippen molar-refractivity contribution >= 4 is 5.97 Å². The van der Waals surface area contributed by atoms with E-state index in [-0.39, 0.29) is 5.97 Å². The van der Waals surface area contributed by atoms with E-state index >= 15 is 0 Å². The molecule has 0 radical (unpaired) electrons. The first kappa shape index (κ1) is 5.92. The van der Waals surface area contributed by atoms with Crippen LogP contribution in [-0.2, 0) is 9.53 Å². The molecule has 0 aromatic carbocycles. The van der Waals surface area contributed by atoms with Crippen molar-refractivity contribution in [1.29, 1.82) is 0 Å². The van der Waals surface area contributed by atoms with Crippen molar-refractivity contribution in [3.63, 3.8) is 0 Å². The number of hydrogen-bond donors (Lipinski definition) is 1. The Morgan fingerprint density at radius 2 is 2.40 bits per heavy atom.